The van der Waals surface area contributed by atoms with Crippen LogP contribution in [-0.2, 0) is 4.79 Å². The van der Waals surface area contributed by atoms with Crippen molar-refractivity contribution in [3.8, 4) is 5.75 Å². The second kappa shape index (κ2) is 5.26. The number of primary amides is 1. The number of benzene rings is 1. The average Bonchev–Trinajstić information content (AvgIpc) is 2.15. The van der Waals surface area contributed by atoms with E-state index in [9.17, 15) is 14.9 Å². The SMILES string of the molecule is NC(=O)COc1c(Br)cc([N+](=O)[O-])cc1Br. The number of halogens is 2. The molecule has 1 aromatic rings. The maximum atomic E-state index is 10.5. The van der Waals surface area contributed by atoms with Crippen LogP contribution in [0.1, 0.15) is 0 Å². The number of carbonyl (C=O) groups is 1. The molecule has 0 bridgehead atoms. The maximum Gasteiger partial charge on any atom is 0.271 e. The molecule has 0 aliphatic carbocycles. The molecular formula is C8H6Br2N2O4. The minimum absolute atomic E-state index is 0.0924. The minimum Gasteiger partial charge on any atom is -0.481 e. The summed E-state index contributed by atoms with van der Waals surface area (Å²) in [5.74, 6) is -0.332. The van der Waals surface area contributed by atoms with Crippen LogP contribution in [0.5, 0.6) is 5.75 Å². The Morgan fingerprint density at radius 2 is 1.94 bits per heavy atom. The first kappa shape index (κ1) is 12.9. The first-order valence-corrected chi connectivity index (χ1v) is 5.55. The quantitative estimate of drug-likeness (QED) is 0.661. The van der Waals surface area contributed by atoms with Crippen molar-refractivity contribution >= 4 is 43.5 Å². The predicted molar refractivity (Wildman–Crippen MR) is 63.2 cm³/mol. The van der Waals surface area contributed by atoms with Crippen molar-refractivity contribution in [2.24, 2.45) is 5.73 Å². The highest BCUT2D eigenvalue weighted by Gasteiger charge is 2.15. The lowest BCUT2D eigenvalue weighted by Gasteiger charge is -2.08. The molecule has 2 N–H and O–H groups in total. The van der Waals surface area contributed by atoms with Gasteiger partial charge in [0.25, 0.3) is 11.6 Å². The number of hydrogen-bond donors (Lipinski definition) is 1. The molecule has 0 fully saturated rings. The van der Waals surface area contributed by atoms with E-state index in [4.69, 9.17) is 10.5 Å². The Hall–Kier alpha value is -1.15. The molecule has 1 aromatic carbocycles. The van der Waals surface area contributed by atoms with Crippen molar-refractivity contribution in [2.45, 2.75) is 0 Å². The van der Waals surface area contributed by atoms with Crippen molar-refractivity contribution in [1.82, 2.24) is 0 Å². The third-order valence-electron chi connectivity index (χ3n) is 1.55. The Morgan fingerprint density at radius 1 is 1.44 bits per heavy atom. The van der Waals surface area contributed by atoms with E-state index in [2.05, 4.69) is 31.9 Å². The smallest absolute Gasteiger partial charge is 0.271 e. The van der Waals surface area contributed by atoms with Gasteiger partial charge in [-0.05, 0) is 31.9 Å². The van der Waals surface area contributed by atoms with Gasteiger partial charge in [-0.3, -0.25) is 14.9 Å². The Bertz CT molecular complexity index is 427. The highest BCUT2D eigenvalue weighted by molar-refractivity contribution is 9.11. The summed E-state index contributed by atoms with van der Waals surface area (Å²) in [6.45, 7) is -0.297. The number of amides is 1. The highest BCUT2D eigenvalue weighted by Crippen LogP contribution is 2.37. The van der Waals surface area contributed by atoms with Crippen LogP contribution in [0.4, 0.5) is 5.69 Å². The summed E-state index contributed by atoms with van der Waals surface area (Å²) in [6, 6.07) is 2.56. The number of nitrogens with two attached hydrogens (primary N) is 1. The Balaban J connectivity index is 3.03. The summed E-state index contributed by atoms with van der Waals surface area (Å²) in [7, 11) is 0. The molecule has 0 saturated heterocycles. The molecular weight excluding hydrogens is 348 g/mol. The summed E-state index contributed by atoms with van der Waals surface area (Å²) in [5.41, 5.74) is 4.82. The average molecular weight is 354 g/mol. The monoisotopic (exact) mass is 352 g/mol. The van der Waals surface area contributed by atoms with E-state index in [0.29, 0.717) is 14.7 Å². The summed E-state index contributed by atoms with van der Waals surface area (Å²) in [6.07, 6.45) is 0. The van der Waals surface area contributed by atoms with E-state index < -0.39 is 10.8 Å². The topological polar surface area (TPSA) is 95.5 Å². The summed E-state index contributed by atoms with van der Waals surface area (Å²) in [5, 5.41) is 10.5. The third kappa shape index (κ3) is 3.17. The third-order valence-corrected chi connectivity index (χ3v) is 2.73. The van der Waals surface area contributed by atoms with Gasteiger partial charge < -0.3 is 10.5 Å². The van der Waals surface area contributed by atoms with Crippen LogP contribution in [-0.4, -0.2) is 17.4 Å². The molecule has 0 heterocycles. The number of non-ortho nitro benzene ring substituents is 1. The Labute approximate surface area is 107 Å². The zero-order valence-corrected chi connectivity index (χ0v) is 10.9. The van der Waals surface area contributed by atoms with Crippen molar-refractivity contribution in [3.05, 3.63) is 31.2 Å². The van der Waals surface area contributed by atoms with E-state index in [1.165, 1.54) is 12.1 Å². The Kier molecular flexibility index (Phi) is 4.25. The number of rotatable bonds is 4. The van der Waals surface area contributed by atoms with Gasteiger partial charge in [0.05, 0.1) is 13.9 Å². The highest BCUT2D eigenvalue weighted by atomic mass is 79.9. The molecule has 1 rings (SSSR count). The number of carbonyl (C=O) groups excluding carboxylic acids is 1. The van der Waals surface area contributed by atoms with Crippen molar-refractivity contribution in [3.63, 3.8) is 0 Å². The summed E-state index contributed by atoms with van der Waals surface area (Å²) >= 11 is 6.21. The van der Waals surface area contributed by atoms with Gasteiger partial charge in [-0.1, -0.05) is 0 Å². The van der Waals surface area contributed by atoms with E-state index >= 15 is 0 Å². The number of nitro benzene ring substituents is 1. The number of ether oxygens (including phenoxy) is 1. The van der Waals surface area contributed by atoms with Crippen molar-refractivity contribution < 1.29 is 14.5 Å². The normalized spacial score (nSPS) is 9.88. The number of hydrogen-bond acceptors (Lipinski definition) is 4. The Morgan fingerprint density at radius 3 is 2.31 bits per heavy atom. The van der Waals surface area contributed by atoms with Gasteiger partial charge in [0.15, 0.2) is 6.61 Å². The molecule has 0 spiro atoms. The molecule has 8 heteroatoms. The lowest BCUT2D eigenvalue weighted by Crippen LogP contribution is -2.20. The van der Waals surface area contributed by atoms with Gasteiger partial charge in [0.2, 0.25) is 0 Å². The van der Waals surface area contributed by atoms with Crippen LogP contribution in [0.25, 0.3) is 0 Å². The van der Waals surface area contributed by atoms with Crippen LogP contribution in [0.3, 0.4) is 0 Å². The van der Waals surface area contributed by atoms with Crippen LogP contribution in [0.15, 0.2) is 21.1 Å². The van der Waals surface area contributed by atoms with Crippen LogP contribution in [0.2, 0.25) is 0 Å². The molecule has 0 saturated carbocycles. The predicted octanol–water partition coefficient (Wildman–Crippen LogP) is 1.98. The second-order valence-corrected chi connectivity index (χ2v) is 4.46. The molecule has 1 amide bonds. The molecule has 6 nitrogen and oxygen atoms in total. The number of nitrogens with zero attached hydrogens (tertiary/aromatic N) is 1. The fourth-order valence-corrected chi connectivity index (χ4v) is 2.32. The minimum atomic E-state index is -0.628. The summed E-state index contributed by atoms with van der Waals surface area (Å²) < 4.78 is 5.81. The first-order chi connectivity index (χ1) is 7.41. The van der Waals surface area contributed by atoms with Gasteiger partial charge in [0, 0.05) is 12.1 Å². The van der Waals surface area contributed by atoms with E-state index in [1.807, 2.05) is 0 Å². The molecule has 0 atom stereocenters. The van der Waals surface area contributed by atoms with Gasteiger partial charge >= 0.3 is 0 Å². The van der Waals surface area contributed by atoms with Gasteiger partial charge in [-0.2, -0.15) is 0 Å². The van der Waals surface area contributed by atoms with Crippen LogP contribution in [0, 0.1) is 10.1 Å². The summed E-state index contributed by atoms with van der Waals surface area (Å²) in [4.78, 5) is 20.5. The molecule has 16 heavy (non-hydrogen) atoms. The van der Waals surface area contributed by atoms with E-state index in [1.54, 1.807) is 0 Å². The van der Waals surface area contributed by atoms with Gasteiger partial charge in [-0.15, -0.1) is 0 Å². The molecule has 0 unspecified atom stereocenters. The number of nitro groups is 1. The van der Waals surface area contributed by atoms with Crippen molar-refractivity contribution in [1.29, 1.82) is 0 Å². The second-order valence-electron chi connectivity index (χ2n) is 2.75. The fourth-order valence-electron chi connectivity index (χ4n) is 0.933. The van der Waals surface area contributed by atoms with Gasteiger partial charge in [-0.25, -0.2) is 0 Å². The molecule has 86 valence electrons. The largest absolute Gasteiger partial charge is 0.481 e. The molecule has 0 aliphatic heterocycles. The van der Waals surface area contributed by atoms with E-state index in [0.717, 1.165) is 0 Å². The zero-order valence-electron chi connectivity index (χ0n) is 7.78. The fraction of sp³-hybridized carbons (Fsp3) is 0.125. The van der Waals surface area contributed by atoms with Crippen LogP contribution >= 0.6 is 31.9 Å². The molecule has 0 aromatic heterocycles. The van der Waals surface area contributed by atoms with Crippen molar-refractivity contribution in [2.75, 3.05) is 6.61 Å². The lowest BCUT2D eigenvalue weighted by molar-refractivity contribution is -0.385. The van der Waals surface area contributed by atoms with E-state index in [-0.39, 0.29) is 12.3 Å². The maximum absolute atomic E-state index is 10.5. The first-order valence-electron chi connectivity index (χ1n) is 3.96. The zero-order chi connectivity index (χ0) is 12.3. The molecule has 0 aliphatic rings. The van der Waals surface area contributed by atoms with Gasteiger partial charge in [0.1, 0.15) is 5.75 Å². The lowest BCUT2D eigenvalue weighted by atomic mass is 10.3. The van der Waals surface area contributed by atoms with Crippen LogP contribution < -0.4 is 10.5 Å². The standard InChI is InChI=1S/C8H6Br2N2O4/c9-5-1-4(12(14)15)2-6(10)8(5)16-3-7(11)13/h1-2H,3H2,(H2,11,13). The molecule has 0 radical (unpaired) electrons.